The monoisotopic (exact) mass is 464 g/mol. The van der Waals surface area contributed by atoms with E-state index in [9.17, 15) is 9.90 Å². The van der Waals surface area contributed by atoms with Gasteiger partial charge in [-0.05, 0) is 49.6 Å². The van der Waals surface area contributed by atoms with Crippen molar-refractivity contribution < 1.29 is 14.4 Å². The molecule has 2 aromatic carbocycles. The van der Waals surface area contributed by atoms with Crippen molar-refractivity contribution in [3.05, 3.63) is 68.7 Å². The number of aromatic nitrogens is 1. The van der Waals surface area contributed by atoms with Crippen molar-refractivity contribution in [3.8, 4) is 17.1 Å². The van der Waals surface area contributed by atoms with E-state index >= 15 is 0 Å². The smallest absolute Gasteiger partial charge is 0.276 e. The van der Waals surface area contributed by atoms with E-state index in [0.29, 0.717) is 26.8 Å². The molecule has 1 N–H and O–H groups in total. The molecule has 1 aromatic heterocycles. The molecule has 0 aliphatic carbocycles. The Kier molecular flexibility index (Phi) is 5.24. The van der Waals surface area contributed by atoms with E-state index in [4.69, 9.17) is 4.52 Å². The molecule has 0 spiro atoms. The van der Waals surface area contributed by atoms with Gasteiger partial charge >= 0.3 is 0 Å². The first-order chi connectivity index (χ1) is 12.0. The lowest BCUT2D eigenvalue weighted by Crippen LogP contribution is -2.26. The minimum Gasteiger partial charge on any atom is -0.506 e. The van der Waals surface area contributed by atoms with Gasteiger partial charge in [0.25, 0.3) is 5.91 Å². The summed E-state index contributed by atoms with van der Waals surface area (Å²) in [5.41, 5.74) is 1.95. The van der Waals surface area contributed by atoms with Gasteiger partial charge in [-0.2, -0.15) is 0 Å². The van der Waals surface area contributed by atoms with Crippen molar-refractivity contribution in [3.63, 3.8) is 0 Å². The Labute approximate surface area is 161 Å². The Morgan fingerprint density at radius 1 is 1.16 bits per heavy atom. The Bertz CT molecular complexity index is 887. The molecule has 0 unspecified atom stereocenters. The maximum absolute atomic E-state index is 12.5. The molecule has 0 radical (unpaired) electrons. The number of hydrogen-bond acceptors (Lipinski definition) is 4. The highest BCUT2D eigenvalue weighted by atomic mass is 79.9. The van der Waals surface area contributed by atoms with Crippen LogP contribution in [0.1, 0.15) is 16.1 Å². The number of carbonyl (C=O) groups excluding carboxylic acids is 1. The molecule has 1 heterocycles. The van der Waals surface area contributed by atoms with Crippen LogP contribution in [0.2, 0.25) is 0 Å². The van der Waals surface area contributed by atoms with Crippen molar-refractivity contribution >= 4 is 37.8 Å². The maximum atomic E-state index is 12.5. The number of phenols is 1. The predicted molar refractivity (Wildman–Crippen MR) is 101 cm³/mol. The summed E-state index contributed by atoms with van der Waals surface area (Å²) < 4.78 is 6.33. The van der Waals surface area contributed by atoms with E-state index in [1.54, 1.807) is 30.1 Å². The van der Waals surface area contributed by atoms with Crippen LogP contribution in [0.4, 0.5) is 0 Å². The van der Waals surface area contributed by atoms with Gasteiger partial charge in [-0.25, -0.2) is 0 Å². The van der Waals surface area contributed by atoms with Crippen molar-refractivity contribution in [2.75, 3.05) is 7.05 Å². The standard InChI is InChI=1S/C18H14Br2N2O3/c1-22(10-11-5-3-2-4-6-11)18(24)15-9-16(25-21-15)12-7-13(19)17(23)14(20)8-12/h2-9,23H,10H2,1H3. The average Bonchev–Trinajstić information content (AvgIpc) is 3.09. The summed E-state index contributed by atoms with van der Waals surface area (Å²) in [6.07, 6.45) is 0. The van der Waals surface area contributed by atoms with E-state index in [0.717, 1.165) is 5.56 Å². The zero-order valence-corrected chi connectivity index (χ0v) is 16.4. The molecule has 0 saturated carbocycles. The lowest BCUT2D eigenvalue weighted by atomic mass is 10.1. The second kappa shape index (κ2) is 7.41. The van der Waals surface area contributed by atoms with Crippen LogP contribution in [0, 0.1) is 0 Å². The molecule has 7 heteroatoms. The number of hydrogen-bond donors (Lipinski definition) is 1. The number of benzene rings is 2. The van der Waals surface area contributed by atoms with Crippen LogP contribution in [0.15, 0.2) is 62.0 Å². The molecule has 128 valence electrons. The Morgan fingerprint density at radius 2 is 1.80 bits per heavy atom. The van der Waals surface area contributed by atoms with Gasteiger partial charge < -0.3 is 14.5 Å². The normalized spacial score (nSPS) is 10.7. The van der Waals surface area contributed by atoms with Crippen molar-refractivity contribution in [1.29, 1.82) is 0 Å². The highest BCUT2D eigenvalue weighted by molar-refractivity contribution is 9.11. The number of halogens is 2. The highest BCUT2D eigenvalue weighted by Crippen LogP contribution is 2.37. The van der Waals surface area contributed by atoms with Gasteiger partial charge in [0.05, 0.1) is 8.95 Å². The first-order valence-electron chi connectivity index (χ1n) is 7.40. The van der Waals surface area contributed by atoms with Crippen molar-refractivity contribution in [2.24, 2.45) is 0 Å². The molecular weight excluding hydrogens is 452 g/mol. The van der Waals surface area contributed by atoms with Crippen LogP contribution >= 0.6 is 31.9 Å². The molecule has 25 heavy (non-hydrogen) atoms. The lowest BCUT2D eigenvalue weighted by molar-refractivity contribution is 0.0775. The predicted octanol–water partition coefficient (Wildman–Crippen LogP) is 4.84. The number of carbonyl (C=O) groups is 1. The second-order valence-corrected chi connectivity index (χ2v) is 7.22. The number of nitrogens with zero attached hydrogens (tertiary/aromatic N) is 2. The summed E-state index contributed by atoms with van der Waals surface area (Å²) in [6.45, 7) is 0.484. The molecule has 0 aliphatic heterocycles. The number of amides is 1. The zero-order chi connectivity index (χ0) is 18.0. The largest absolute Gasteiger partial charge is 0.506 e. The fourth-order valence-electron chi connectivity index (χ4n) is 2.34. The maximum Gasteiger partial charge on any atom is 0.276 e. The fourth-order valence-corrected chi connectivity index (χ4v) is 3.53. The third-order valence-corrected chi connectivity index (χ3v) is 4.85. The number of aromatic hydroxyl groups is 1. The van der Waals surface area contributed by atoms with E-state index in [1.165, 1.54) is 0 Å². The van der Waals surface area contributed by atoms with E-state index in [-0.39, 0.29) is 17.4 Å². The minimum absolute atomic E-state index is 0.0992. The van der Waals surface area contributed by atoms with Crippen molar-refractivity contribution in [1.82, 2.24) is 10.1 Å². The topological polar surface area (TPSA) is 66.6 Å². The minimum atomic E-state index is -0.226. The van der Waals surface area contributed by atoms with Gasteiger partial charge in [0, 0.05) is 25.2 Å². The quantitative estimate of drug-likeness (QED) is 0.598. The zero-order valence-electron chi connectivity index (χ0n) is 13.2. The van der Waals surface area contributed by atoms with E-state index < -0.39 is 0 Å². The molecule has 3 aromatic rings. The van der Waals surface area contributed by atoms with E-state index in [1.807, 2.05) is 30.3 Å². The lowest BCUT2D eigenvalue weighted by Gasteiger charge is -2.15. The van der Waals surface area contributed by atoms with Crippen LogP contribution in [0.5, 0.6) is 5.75 Å². The van der Waals surface area contributed by atoms with Crippen molar-refractivity contribution in [2.45, 2.75) is 6.54 Å². The van der Waals surface area contributed by atoms with Gasteiger partial charge in [0.15, 0.2) is 11.5 Å². The Hall–Kier alpha value is -2.12. The van der Waals surface area contributed by atoms with Crippen LogP contribution in [-0.2, 0) is 6.54 Å². The average molecular weight is 466 g/mol. The van der Waals surface area contributed by atoms with Crippen LogP contribution < -0.4 is 0 Å². The van der Waals surface area contributed by atoms with Crippen LogP contribution in [-0.4, -0.2) is 28.1 Å². The molecule has 0 bridgehead atoms. The highest BCUT2D eigenvalue weighted by Gasteiger charge is 2.19. The Morgan fingerprint density at radius 3 is 2.44 bits per heavy atom. The summed E-state index contributed by atoms with van der Waals surface area (Å²) in [5.74, 6) is 0.316. The first kappa shape index (κ1) is 17.7. The molecule has 0 atom stereocenters. The Balaban J connectivity index is 1.80. The molecular formula is C18H14Br2N2O3. The SMILES string of the molecule is CN(Cc1ccccc1)C(=O)c1cc(-c2cc(Br)c(O)c(Br)c2)on1. The van der Waals surface area contributed by atoms with Gasteiger partial charge in [-0.1, -0.05) is 35.5 Å². The summed E-state index contributed by atoms with van der Waals surface area (Å²) >= 11 is 6.55. The van der Waals surface area contributed by atoms with Crippen LogP contribution in [0.25, 0.3) is 11.3 Å². The van der Waals surface area contributed by atoms with Gasteiger partial charge in [0.1, 0.15) is 5.75 Å². The van der Waals surface area contributed by atoms with Gasteiger partial charge in [-0.15, -0.1) is 0 Å². The molecule has 1 amide bonds. The van der Waals surface area contributed by atoms with E-state index in [2.05, 4.69) is 37.0 Å². The number of rotatable bonds is 4. The third-order valence-electron chi connectivity index (χ3n) is 3.64. The summed E-state index contributed by atoms with van der Waals surface area (Å²) in [6, 6.07) is 14.7. The molecule has 0 fully saturated rings. The summed E-state index contributed by atoms with van der Waals surface area (Å²) in [5, 5.41) is 13.7. The molecule has 0 aliphatic rings. The van der Waals surface area contributed by atoms with Crippen LogP contribution in [0.3, 0.4) is 0 Å². The summed E-state index contributed by atoms with van der Waals surface area (Å²) in [7, 11) is 1.72. The third kappa shape index (κ3) is 3.93. The van der Waals surface area contributed by atoms with Gasteiger partial charge in [-0.3, -0.25) is 4.79 Å². The fraction of sp³-hybridized carbons (Fsp3) is 0.111. The molecule has 5 nitrogen and oxygen atoms in total. The molecule has 0 saturated heterocycles. The summed E-state index contributed by atoms with van der Waals surface area (Å²) in [4.78, 5) is 14.1. The first-order valence-corrected chi connectivity index (χ1v) is 8.99. The molecule has 3 rings (SSSR count). The second-order valence-electron chi connectivity index (χ2n) is 5.51. The number of phenolic OH excluding ortho intramolecular Hbond substituents is 1. The van der Waals surface area contributed by atoms with Gasteiger partial charge in [0.2, 0.25) is 0 Å².